The van der Waals surface area contributed by atoms with Crippen molar-refractivity contribution >= 4 is 21.7 Å². The minimum Gasteiger partial charge on any atom is -0.287 e. The lowest BCUT2D eigenvalue weighted by atomic mass is 10.1. The number of hydrogen-bond donors (Lipinski definition) is 0. The van der Waals surface area contributed by atoms with E-state index in [9.17, 15) is 9.18 Å². The number of aromatic nitrogens is 2. The van der Waals surface area contributed by atoms with Crippen molar-refractivity contribution in [1.82, 2.24) is 9.78 Å². The number of benzene rings is 2. The van der Waals surface area contributed by atoms with E-state index < -0.39 is 5.82 Å². The zero-order valence-electron chi connectivity index (χ0n) is 10.8. The molecule has 2 aromatic carbocycles. The highest BCUT2D eigenvalue weighted by molar-refractivity contribution is 9.10. The number of carbonyl (C=O) groups is 1. The molecule has 0 aliphatic carbocycles. The maximum absolute atomic E-state index is 13.4. The van der Waals surface area contributed by atoms with Gasteiger partial charge < -0.3 is 0 Å². The van der Waals surface area contributed by atoms with Gasteiger partial charge in [-0.05, 0) is 36.4 Å². The zero-order chi connectivity index (χ0) is 14.8. The predicted molar refractivity (Wildman–Crippen MR) is 81.1 cm³/mol. The molecule has 0 amide bonds. The molecule has 3 aromatic rings. The molecule has 0 saturated heterocycles. The van der Waals surface area contributed by atoms with Crippen LogP contribution in [0.3, 0.4) is 0 Å². The molecule has 0 saturated carbocycles. The number of hydrogen-bond acceptors (Lipinski definition) is 2. The lowest BCUT2D eigenvalue weighted by molar-refractivity contribution is 0.103. The Hall–Kier alpha value is -2.27. The van der Waals surface area contributed by atoms with Gasteiger partial charge in [0.1, 0.15) is 11.5 Å². The lowest BCUT2D eigenvalue weighted by Crippen LogP contribution is -2.10. The summed E-state index contributed by atoms with van der Waals surface area (Å²) in [6, 6.07) is 15.0. The van der Waals surface area contributed by atoms with Crippen LogP contribution >= 0.6 is 15.9 Å². The van der Waals surface area contributed by atoms with Crippen molar-refractivity contribution in [3.05, 3.63) is 82.3 Å². The highest BCUT2D eigenvalue weighted by atomic mass is 79.9. The van der Waals surface area contributed by atoms with Crippen molar-refractivity contribution < 1.29 is 9.18 Å². The minimum atomic E-state index is -0.452. The molecule has 104 valence electrons. The average Bonchev–Trinajstić information content (AvgIpc) is 2.99. The molecule has 3 rings (SSSR count). The van der Waals surface area contributed by atoms with Gasteiger partial charge in [0.15, 0.2) is 0 Å². The number of rotatable bonds is 3. The lowest BCUT2D eigenvalue weighted by Gasteiger charge is -2.08. The van der Waals surface area contributed by atoms with Gasteiger partial charge in [0.05, 0.1) is 11.9 Å². The highest BCUT2D eigenvalue weighted by Crippen LogP contribution is 2.22. The predicted octanol–water partition coefficient (Wildman–Crippen LogP) is 4.00. The Labute approximate surface area is 129 Å². The molecule has 0 atom stereocenters. The van der Waals surface area contributed by atoms with Crippen molar-refractivity contribution in [1.29, 1.82) is 0 Å². The number of para-hydroxylation sites is 1. The Kier molecular flexibility index (Phi) is 3.66. The summed E-state index contributed by atoms with van der Waals surface area (Å²) >= 11 is 3.28. The van der Waals surface area contributed by atoms with Crippen molar-refractivity contribution in [2.45, 2.75) is 0 Å². The fraction of sp³-hybridized carbons (Fsp3) is 0. The van der Waals surface area contributed by atoms with Gasteiger partial charge in [0.25, 0.3) is 0 Å². The van der Waals surface area contributed by atoms with Crippen LogP contribution in [-0.2, 0) is 0 Å². The second kappa shape index (κ2) is 5.61. The Morgan fingerprint density at radius 2 is 1.86 bits per heavy atom. The van der Waals surface area contributed by atoms with Crippen molar-refractivity contribution in [3.63, 3.8) is 0 Å². The van der Waals surface area contributed by atoms with E-state index in [1.165, 1.54) is 18.2 Å². The standard InChI is InChI=1S/C16H10BrFN2O/c17-14-7-6-11(18)10-13(14)16(21)15-8-9-19-20(15)12-4-2-1-3-5-12/h1-10H. The van der Waals surface area contributed by atoms with Gasteiger partial charge in [0, 0.05) is 10.0 Å². The summed E-state index contributed by atoms with van der Waals surface area (Å²) in [4.78, 5) is 12.6. The second-order valence-electron chi connectivity index (χ2n) is 4.42. The van der Waals surface area contributed by atoms with E-state index >= 15 is 0 Å². The first-order chi connectivity index (χ1) is 10.2. The monoisotopic (exact) mass is 344 g/mol. The quantitative estimate of drug-likeness (QED) is 0.673. The minimum absolute atomic E-state index is 0.271. The van der Waals surface area contributed by atoms with E-state index in [4.69, 9.17) is 0 Å². The maximum atomic E-state index is 13.4. The largest absolute Gasteiger partial charge is 0.287 e. The first-order valence-corrected chi connectivity index (χ1v) is 7.05. The molecule has 0 bridgehead atoms. The van der Waals surface area contributed by atoms with Gasteiger partial charge in [-0.2, -0.15) is 5.10 Å². The van der Waals surface area contributed by atoms with Crippen LogP contribution in [0, 0.1) is 5.82 Å². The van der Waals surface area contributed by atoms with E-state index in [1.54, 1.807) is 16.9 Å². The fourth-order valence-corrected chi connectivity index (χ4v) is 2.49. The van der Waals surface area contributed by atoms with E-state index in [-0.39, 0.29) is 11.3 Å². The molecular formula is C16H10BrFN2O. The van der Waals surface area contributed by atoms with E-state index in [1.807, 2.05) is 30.3 Å². The zero-order valence-corrected chi connectivity index (χ0v) is 12.4. The maximum Gasteiger partial charge on any atom is 0.212 e. The molecule has 0 aliphatic rings. The molecule has 3 nitrogen and oxygen atoms in total. The molecule has 1 aromatic heterocycles. The average molecular weight is 345 g/mol. The Morgan fingerprint density at radius 1 is 1.10 bits per heavy atom. The van der Waals surface area contributed by atoms with Gasteiger partial charge in [0.2, 0.25) is 5.78 Å². The van der Waals surface area contributed by atoms with Crippen molar-refractivity contribution in [2.75, 3.05) is 0 Å². The highest BCUT2D eigenvalue weighted by Gasteiger charge is 2.18. The Balaban J connectivity index is 2.08. The summed E-state index contributed by atoms with van der Waals surface area (Å²) in [5.74, 6) is -0.741. The van der Waals surface area contributed by atoms with Crippen LogP contribution in [-0.4, -0.2) is 15.6 Å². The van der Waals surface area contributed by atoms with Crippen LogP contribution in [0.1, 0.15) is 16.1 Å². The second-order valence-corrected chi connectivity index (χ2v) is 5.27. The first kappa shape index (κ1) is 13.7. The Bertz CT molecular complexity index is 799. The van der Waals surface area contributed by atoms with E-state index in [0.717, 1.165) is 5.69 Å². The molecule has 0 spiro atoms. The summed E-state index contributed by atoms with van der Waals surface area (Å²) in [7, 11) is 0. The van der Waals surface area contributed by atoms with Gasteiger partial charge >= 0.3 is 0 Å². The number of carbonyl (C=O) groups excluding carboxylic acids is 1. The van der Waals surface area contributed by atoms with Crippen LogP contribution in [0.5, 0.6) is 0 Å². The third-order valence-electron chi connectivity index (χ3n) is 3.05. The van der Waals surface area contributed by atoms with Gasteiger partial charge in [-0.15, -0.1) is 0 Å². The first-order valence-electron chi connectivity index (χ1n) is 6.26. The summed E-state index contributed by atoms with van der Waals surface area (Å²) in [6.07, 6.45) is 1.55. The molecular weight excluding hydrogens is 335 g/mol. The summed E-state index contributed by atoms with van der Waals surface area (Å²) < 4.78 is 15.5. The van der Waals surface area contributed by atoms with Crippen LogP contribution < -0.4 is 0 Å². The topological polar surface area (TPSA) is 34.9 Å². The van der Waals surface area contributed by atoms with Crippen LogP contribution in [0.15, 0.2) is 65.3 Å². The van der Waals surface area contributed by atoms with E-state index in [0.29, 0.717) is 10.2 Å². The number of nitrogens with zero attached hydrogens (tertiary/aromatic N) is 2. The molecule has 0 N–H and O–H groups in total. The summed E-state index contributed by atoms with van der Waals surface area (Å²) in [5.41, 5.74) is 1.43. The SMILES string of the molecule is O=C(c1cc(F)ccc1Br)c1ccnn1-c1ccccc1. The summed E-state index contributed by atoms with van der Waals surface area (Å²) in [6.45, 7) is 0. The van der Waals surface area contributed by atoms with Crippen LogP contribution in [0.4, 0.5) is 4.39 Å². The van der Waals surface area contributed by atoms with Gasteiger partial charge in [-0.25, -0.2) is 9.07 Å². The van der Waals surface area contributed by atoms with Crippen LogP contribution in [0.2, 0.25) is 0 Å². The normalized spacial score (nSPS) is 10.6. The molecule has 0 fully saturated rings. The molecule has 5 heteroatoms. The summed E-state index contributed by atoms with van der Waals surface area (Å²) in [5, 5.41) is 4.17. The molecule has 0 unspecified atom stereocenters. The molecule has 21 heavy (non-hydrogen) atoms. The molecule has 0 radical (unpaired) electrons. The van der Waals surface area contributed by atoms with Crippen molar-refractivity contribution in [2.24, 2.45) is 0 Å². The van der Waals surface area contributed by atoms with Gasteiger partial charge in [-0.1, -0.05) is 34.1 Å². The number of halogens is 2. The Morgan fingerprint density at radius 3 is 2.62 bits per heavy atom. The molecule has 0 aliphatic heterocycles. The third-order valence-corrected chi connectivity index (χ3v) is 3.74. The fourth-order valence-electron chi connectivity index (χ4n) is 2.06. The van der Waals surface area contributed by atoms with Crippen molar-refractivity contribution in [3.8, 4) is 5.69 Å². The van der Waals surface area contributed by atoms with Gasteiger partial charge in [-0.3, -0.25) is 4.79 Å². The number of ketones is 1. The molecule has 1 heterocycles. The smallest absolute Gasteiger partial charge is 0.212 e. The third kappa shape index (κ3) is 2.64. The van der Waals surface area contributed by atoms with E-state index in [2.05, 4.69) is 21.0 Å². The van der Waals surface area contributed by atoms with Crippen LogP contribution in [0.25, 0.3) is 5.69 Å².